The molecular weight excluding hydrogens is 851 g/mol. The Hall–Kier alpha value is -9.38. The van der Waals surface area contributed by atoms with Crippen LogP contribution in [0.15, 0.2) is 253 Å². The highest BCUT2D eigenvalue weighted by molar-refractivity contribution is 6.17. The highest BCUT2D eigenvalue weighted by atomic mass is 16.3. The Labute approximate surface area is 402 Å². The van der Waals surface area contributed by atoms with E-state index >= 15 is 0 Å². The fourth-order valence-electron chi connectivity index (χ4n) is 11.5. The largest absolute Gasteiger partial charge is 0.456 e. The van der Waals surface area contributed by atoms with Crippen LogP contribution < -0.4 is 0 Å². The molecule has 0 fully saturated rings. The Kier molecular flexibility index (Phi) is 8.33. The topological polar surface area (TPSA) is 27.9 Å². The van der Waals surface area contributed by atoms with Gasteiger partial charge in [0.15, 0.2) is 0 Å². The van der Waals surface area contributed by atoms with Gasteiger partial charge in [-0.1, -0.05) is 133 Å². The van der Waals surface area contributed by atoms with Gasteiger partial charge in [-0.3, -0.25) is 0 Å². The lowest BCUT2D eigenvalue weighted by molar-refractivity contribution is 0.669. The first-order valence-electron chi connectivity index (χ1n) is 24.0. The van der Waals surface area contributed by atoms with Crippen molar-refractivity contribution in [2.24, 2.45) is 0 Å². The summed E-state index contributed by atoms with van der Waals surface area (Å²) < 4.78 is 13.6. The Morgan fingerprint density at radius 2 is 0.571 bits per heavy atom. The van der Waals surface area contributed by atoms with E-state index in [9.17, 15) is 0 Å². The van der Waals surface area contributed by atoms with Crippen LogP contribution >= 0.6 is 0 Å². The molecular formula is C66H41N3O. The standard InChI is InChI=1S/C66H41N3O/c1-4-16-46(17-5-1)67-59-25-13-10-22-49(59)54-36-42(28-32-61(54)67)43-29-33-63-56(37-43)57-40-52(44-30-34-62-55(38-44)50-23-11-14-26-60(50)68(62)47-18-6-2-7-19-47)53(41-64(57)69(63)48-20-8-3-9-21-48)45-31-35-66-58(39-45)51-24-12-15-27-65(51)70-66/h1-41H. The first kappa shape index (κ1) is 38.7. The van der Waals surface area contributed by atoms with Crippen LogP contribution in [-0.4, -0.2) is 13.7 Å². The van der Waals surface area contributed by atoms with Crippen molar-refractivity contribution in [1.29, 1.82) is 0 Å². The summed E-state index contributed by atoms with van der Waals surface area (Å²) in [5, 5.41) is 9.55. The van der Waals surface area contributed by atoms with E-state index < -0.39 is 0 Å². The maximum atomic E-state index is 6.38. The molecule has 0 bridgehead atoms. The zero-order chi connectivity index (χ0) is 45.9. The van der Waals surface area contributed by atoms with Crippen LogP contribution in [0.3, 0.4) is 0 Å². The Balaban J connectivity index is 1.00. The van der Waals surface area contributed by atoms with Gasteiger partial charge in [-0.25, -0.2) is 0 Å². The van der Waals surface area contributed by atoms with Gasteiger partial charge in [-0.2, -0.15) is 0 Å². The minimum Gasteiger partial charge on any atom is -0.456 e. The lowest BCUT2D eigenvalue weighted by Crippen LogP contribution is -1.95. The molecule has 0 radical (unpaired) electrons. The number of fused-ring (bicyclic) bond motifs is 12. The summed E-state index contributed by atoms with van der Waals surface area (Å²) in [5.74, 6) is 0. The van der Waals surface area contributed by atoms with Crippen molar-refractivity contribution >= 4 is 87.4 Å². The van der Waals surface area contributed by atoms with Crippen molar-refractivity contribution in [3.05, 3.63) is 249 Å². The number of benzene rings is 11. The van der Waals surface area contributed by atoms with Crippen LogP contribution in [-0.2, 0) is 0 Å². The van der Waals surface area contributed by atoms with E-state index in [0.29, 0.717) is 0 Å². The smallest absolute Gasteiger partial charge is 0.135 e. The molecule has 0 N–H and O–H groups in total. The quantitative estimate of drug-likeness (QED) is 0.163. The lowest BCUT2D eigenvalue weighted by Gasteiger charge is -2.14. The summed E-state index contributed by atoms with van der Waals surface area (Å²) in [4.78, 5) is 0. The second kappa shape index (κ2) is 15.1. The molecule has 0 aliphatic heterocycles. The van der Waals surface area contributed by atoms with E-state index in [1.54, 1.807) is 0 Å². The summed E-state index contributed by atoms with van der Waals surface area (Å²) in [7, 11) is 0. The van der Waals surface area contributed by atoms with Crippen molar-refractivity contribution in [3.63, 3.8) is 0 Å². The van der Waals surface area contributed by atoms with Gasteiger partial charge in [0.25, 0.3) is 0 Å². The highest BCUT2D eigenvalue weighted by Gasteiger charge is 2.22. The second-order valence-electron chi connectivity index (χ2n) is 18.5. The third-order valence-electron chi connectivity index (χ3n) is 14.6. The molecule has 0 aliphatic rings. The van der Waals surface area contributed by atoms with Crippen molar-refractivity contribution in [1.82, 2.24) is 13.7 Å². The van der Waals surface area contributed by atoms with Crippen molar-refractivity contribution in [2.45, 2.75) is 0 Å². The van der Waals surface area contributed by atoms with Gasteiger partial charge >= 0.3 is 0 Å². The third kappa shape index (κ3) is 5.77. The molecule has 0 amide bonds. The molecule has 11 aromatic carbocycles. The maximum Gasteiger partial charge on any atom is 0.135 e. The predicted molar refractivity (Wildman–Crippen MR) is 293 cm³/mol. The summed E-state index contributed by atoms with van der Waals surface area (Å²) in [5.41, 5.74) is 19.3. The fraction of sp³-hybridized carbons (Fsp3) is 0. The summed E-state index contributed by atoms with van der Waals surface area (Å²) in [6, 6.07) is 90.7. The zero-order valence-electron chi connectivity index (χ0n) is 37.9. The molecule has 326 valence electrons. The van der Waals surface area contributed by atoms with Gasteiger partial charge in [0.05, 0.1) is 33.1 Å². The van der Waals surface area contributed by atoms with Gasteiger partial charge in [-0.05, 0) is 149 Å². The second-order valence-corrected chi connectivity index (χ2v) is 18.5. The number of hydrogen-bond acceptors (Lipinski definition) is 1. The number of aromatic nitrogens is 3. The van der Waals surface area contributed by atoms with Gasteiger partial charge in [0, 0.05) is 60.2 Å². The van der Waals surface area contributed by atoms with E-state index in [1.807, 2.05) is 6.07 Å². The molecule has 0 spiro atoms. The number of para-hydroxylation sites is 6. The average molecular weight is 892 g/mol. The van der Waals surface area contributed by atoms with E-state index in [1.165, 1.54) is 71.1 Å². The van der Waals surface area contributed by atoms with Gasteiger partial charge < -0.3 is 18.1 Å². The van der Waals surface area contributed by atoms with Gasteiger partial charge in [0.2, 0.25) is 0 Å². The minimum atomic E-state index is 0.886. The van der Waals surface area contributed by atoms with Gasteiger partial charge in [-0.15, -0.1) is 0 Å². The van der Waals surface area contributed by atoms with E-state index in [-0.39, 0.29) is 0 Å². The summed E-state index contributed by atoms with van der Waals surface area (Å²) in [6.07, 6.45) is 0. The molecule has 4 aromatic heterocycles. The molecule has 4 nitrogen and oxygen atoms in total. The zero-order valence-corrected chi connectivity index (χ0v) is 37.9. The molecule has 4 heteroatoms. The lowest BCUT2D eigenvalue weighted by atomic mass is 9.91. The van der Waals surface area contributed by atoms with Crippen molar-refractivity contribution in [2.75, 3.05) is 0 Å². The molecule has 4 heterocycles. The van der Waals surface area contributed by atoms with E-state index in [0.717, 1.165) is 66.7 Å². The maximum absolute atomic E-state index is 6.38. The monoisotopic (exact) mass is 891 g/mol. The molecule has 70 heavy (non-hydrogen) atoms. The molecule has 0 unspecified atom stereocenters. The van der Waals surface area contributed by atoms with E-state index in [4.69, 9.17) is 4.42 Å². The normalized spacial score (nSPS) is 12.0. The molecule has 0 atom stereocenters. The molecule has 15 aromatic rings. The number of nitrogens with zero attached hydrogens (tertiary/aromatic N) is 3. The first-order chi connectivity index (χ1) is 34.7. The predicted octanol–water partition coefficient (Wildman–Crippen LogP) is 17.9. The fourth-order valence-corrected chi connectivity index (χ4v) is 11.5. The van der Waals surface area contributed by atoms with Crippen molar-refractivity contribution in [3.8, 4) is 50.4 Å². The number of furan rings is 1. The van der Waals surface area contributed by atoms with Crippen LogP contribution in [0.2, 0.25) is 0 Å². The highest BCUT2D eigenvalue weighted by Crippen LogP contribution is 2.45. The first-order valence-corrected chi connectivity index (χ1v) is 24.0. The summed E-state index contributed by atoms with van der Waals surface area (Å²) in [6.45, 7) is 0. The van der Waals surface area contributed by atoms with Crippen LogP contribution in [0, 0.1) is 0 Å². The molecule has 0 aliphatic carbocycles. The van der Waals surface area contributed by atoms with Crippen LogP contribution in [0.4, 0.5) is 0 Å². The Morgan fingerprint density at radius 3 is 1.13 bits per heavy atom. The Morgan fingerprint density at radius 1 is 0.214 bits per heavy atom. The Bertz CT molecular complexity index is 4570. The third-order valence-corrected chi connectivity index (χ3v) is 14.6. The molecule has 0 saturated carbocycles. The number of rotatable bonds is 6. The van der Waals surface area contributed by atoms with Crippen LogP contribution in [0.5, 0.6) is 0 Å². The molecule has 15 rings (SSSR count). The van der Waals surface area contributed by atoms with E-state index in [2.05, 4.69) is 256 Å². The van der Waals surface area contributed by atoms with Crippen molar-refractivity contribution < 1.29 is 4.42 Å². The van der Waals surface area contributed by atoms with Crippen LogP contribution in [0.25, 0.3) is 138 Å². The summed E-state index contributed by atoms with van der Waals surface area (Å²) >= 11 is 0. The minimum absolute atomic E-state index is 0.886. The van der Waals surface area contributed by atoms with Gasteiger partial charge in [0.1, 0.15) is 11.2 Å². The number of hydrogen-bond donors (Lipinski definition) is 0. The average Bonchev–Trinajstić information content (AvgIpc) is 4.17. The SMILES string of the molecule is c1ccc(-n2c3ccccc3c3cc(-c4ccc5c(c4)c4cc(-c6ccc7c(c6)c6ccccc6n7-c6ccccc6)c(-c6ccc7oc8ccccc8c7c6)cc4n5-c4ccccc4)ccc32)cc1. The van der Waals surface area contributed by atoms with Crippen LogP contribution in [0.1, 0.15) is 0 Å². The molecule has 0 saturated heterocycles.